The first-order chi connectivity index (χ1) is 4.63. The maximum atomic E-state index is 12.3. The van der Waals surface area contributed by atoms with Gasteiger partial charge in [0.25, 0.3) is 5.91 Å². The zero-order chi connectivity index (χ0) is 7.72. The van der Waals surface area contributed by atoms with Gasteiger partial charge in [-0.2, -0.15) is 0 Å². The molecule has 0 aromatic rings. The molecule has 0 aliphatic carbocycles. The van der Waals surface area contributed by atoms with Crippen LogP contribution in [0.4, 0.5) is 8.78 Å². The summed E-state index contributed by atoms with van der Waals surface area (Å²) in [4.78, 5) is 10.3. The van der Waals surface area contributed by atoms with E-state index < -0.39 is 23.6 Å². The lowest BCUT2D eigenvalue weighted by Gasteiger charge is -2.11. The molecule has 1 aliphatic heterocycles. The van der Waals surface area contributed by atoms with Crippen molar-refractivity contribution in [2.75, 3.05) is 0 Å². The molecule has 2 N–H and O–H groups in total. The summed E-state index contributed by atoms with van der Waals surface area (Å²) >= 11 is 0. The lowest BCUT2D eigenvalue weighted by atomic mass is 10.1. The zero-order valence-corrected chi connectivity index (χ0v) is 4.82. The molecule has 1 atom stereocenters. The molecule has 0 spiro atoms. The Morgan fingerprint density at radius 2 is 2.30 bits per heavy atom. The molecule has 54 valence electrons. The first-order valence-electron chi connectivity index (χ1n) is 2.52. The van der Waals surface area contributed by atoms with E-state index in [0.717, 1.165) is 0 Å². The summed E-state index contributed by atoms with van der Waals surface area (Å²) in [5.41, 5.74) is -0.913. The van der Waals surface area contributed by atoms with Crippen LogP contribution in [0.3, 0.4) is 0 Å². The third-order valence-electron chi connectivity index (χ3n) is 1.08. The summed E-state index contributed by atoms with van der Waals surface area (Å²) < 4.78 is 24.5. The van der Waals surface area contributed by atoms with Crippen molar-refractivity contribution in [1.29, 1.82) is 5.41 Å². The molecule has 0 bridgehead atoms. The Morgan fingerprint density at radius 3 is 2.80 bits per heavy atom. The molecule has 1 heterocycles. The van der Waals surface area contributed by atoms with E-state index in [1.165, 1.54) is 0 Å². The highest BCUT2D eigenvalue weighted by molar-refractivity contribution is 6.14. The quantitative estimate of drug-likeness (QED) is 0.506. The maximum Gasteiger partial charge on any atom is 0.264 e. The van der Waals surface area contributed by atoms with Crippen LogP contribution in [-0.4, -0.2) is 17.8 Å². The number of hydrogen-bond donors (Lipinski definition) is 2. The van der Waals surface area contributed by atoms with E-state index in [9.17, 15) is 13.6 Å². The number of allylic oxidation sites excluding steroid dienone is 1. The third-order valence-corrected chi connectivity index (χ3v) is 1.08. The highest BCUT2D eigenvalue weighted by Gasteiger charge is 2.28. The number of amides is 1. The fourth-order valence-electron chi connectivity index (χ4n) is 0.538. The Bertz CT molecular complexity index is 224. The van der Waals surface area contributed by atoms with E-state index in [4.69, 9.17) is 5.41 Å². The minimum absolute atomic E-state index is 0.667. The second kappa shape index (κ2) is 2.17. The lowest BCUT2D eigenvalue weighted by molar-refractivity contribution is -0.123. The fraction of sp³-hybridized carbons (Fsp3) is 0.200. The minimum atomic E-state index is -2.16. The predicted molar refractivity (Wildman–Crippen MR) is 30.0 cm³/mol. The molecule has 5 heteroatoms. The fourth-order valence-corrected chi connectivity index (χ4v) is 0.538. The summed E-state index contributed by atoms with van der Waals surface area (Å²) in [5, 5.41) is 8.47. The van der Waals surface area contributed by atoms with Gasteiger partial charge in [0.1, 0.15) is 5.71 Å². The number of halogens is 2. The molecule has 0 aromatic heterocycles. The molecule has 1 rings (SSSR count). The van der Waals surface area contributed by atoms with Gasteiger partial charge in [0.05, 0.1) is 0 Å². The molecular weight excluding hydrogens is 142 g/mol. The Labute approximate surface area is 55.2 Å². The van der Waals surface area contributed by atoms with Crippen LogP contribution in [0.1, 0.15) is 0 Å². The van der Waals surface area contributed by atoms with Crippen molar-refractivity contribution in [2.24, 2.45) is 0 Å². The van der Waals surface area contributed by atoms with Crippen molar-refractivity contribution in [3.05, 3.63) is 12.0 Å². The van der Waals surface area contributed by atoms with Gasteiger partial charge >= 0.3 is 0 Å². The van der Waals surface area contributed by atoms with Gasteiger partial charge in [0.15, 0.2) is 5.83 Å². The standard InChI is InChI=1S/C5H4F2N2O/c6-2-1-9-5(10)3(7)4(2)8/h1,3,8H,(H,9,10). The van der Waals surface area contributed by atoms with Crippen molar-refractivity contribution in [1.82, 2.24) is 5.32 Å². The van der Waals surface area contributed by atoms with Crippen molar-refractivity contribution >= 4 is 11.6 Å². The van der Waals surface area contributed by atoms with Gasteiger partial charge in [-0.1, -0.05) is 0 Å². The highest BCUT2D eigenvalue weighted by Crippen LogP contribution is 2.09. The molecule has 1 aliphatic rings. The molecular formula is C5H4F2N2O. The predicted octanol–water partition coefficient (Wildman–Crippen LogP) is 0.285. The molecule has 0 fully saturated rings. The van der Waals surface area contributed by atoms with Gasteiger partial charge in [-0.05, 0) is 0 Å². The highest BCUT2D eigenvalue weighted by atomic mass is 19.1. The molecule has 1 amide bonds. The smallest absolute Gasteiger partial charge is 0.264 e. The van der Waals surface area contributed by atoms with Crippen LogP contribution in [-0.2, 0) is 4.79 Å². The van der Waals surface area contributed by atoms with Crippen LogP contribution in [0.25, 0.3) is 0 Å². The topological polar surface area (TPSA) is 53.0 Å². The van der Waals surface area contributed by atoms with Crippen LogP contribution < -0.4 is 5.32 Å². The Morgan fingerprint density at radius 1 is 1.70 bits per heavy atom. The Kier molecular flexibility index (Phi) is 1.48. The van der Waals surface area contributed by atoms with Crippen molar-refractivity contribution < 1.29 is 13.6 Å². The maximum absolute atomic E-state index is 12.3. The molecule has 3 nitrogen and oxygen atoms in total. The molecule has 10 heavy (non-hydrogen) atoms. The minimum Gasteiger partial charge on any atom is -0.327 e. The Hall–Kier alpha value is -1.26. The normalized spacial score (nSPS) is 25.8. The van der Waals surface area contributed by atoms with Crippen LogP contribution in [0.15, 0.2) is 12.0 Å². The van der Waals surface area contributed by atoms with Crippen molar-refractivity contribution in [3.63, 3.8) is 0 Å². The first kappa shape index (κ1) is 6.85. The number of carbonyl (C=O) groups excluding carboxylic acids is 1. The van der Waals surface area contributed by atoms with E-state index in [1.807, 2.05) is 5.32 Å². The summed E-state index contributed by atoms with van der Waals surface area (Å²) in [6, 6.07) is 0. The summed E-state index contributed by atoms with van der Waals surface area (Å²) in [5.74, 6) is -2.03. The molecule has 0 radical (unpaired) electrons. The summed E-state index contributed by atoms with van der Waals surface area (Å²) in [6.07, 6.45) is -1.49. The number of nitrogens with one attached hydrogen (secondary N) is 2. The van der Waals surface area contributed by atoms with E-state index >= 15 is 0 Å². The summed E-state index contributed by atoms with van der Waals surface area (Å²) in [7, 11) is 0. The number of hydrogen-bond acceptors (Lipinski definition) is 2. The number of alkyl halides is 1. The van der Waals surface area contributed by atoms with Gasteiger partial charge in [-0.3, -0.25) is 10.2 Å². The molecule has 1 unspecified atom stereocenters. The number of carbonyl (C=O) groups is 1. The first-order valence-corrected chi connectivity index (χ1v) is 2.52. The van der Waals surface area contributed by atoms with Gasteiger partial charge in [0, 0.05) is 6.20 Å². The van der Waals surface area contributed by atoms with Crippen molar-refractivity contribution in [3.8, 4) is 0 Å². The van der Waals surface area contributed by atoms with Gasteiger partial charge in [0.2, 0.25) is 6.17 Å². The monoisotopic (exact) mass is 146 g/mol. The van der Waals surface area contributed by atoms with E-state index in [1.54, 1.807) is 0 Å². The largest absolute Gasteiger partial charge is 0.327 e. The Balaban J connectivity index is 2.91. The molecule has 0 saturated heterocycles. The van der Waals surface area contributed by atoms with Crippen LogP contribution in [0.5, 0.6) is 0 Å². The van der Waals surface area contributed by atoms with E-state index in [0.29, 0.717) is 6.20 Å². The van der Waals surface area contributed by atoms with Crippen LogP contribution >= 0.6 is 0 Å². The molecule has 0 aromatic carbocycles. The van der Waals surface area contributed by atoms with Gasteiger partial charge in [-0.15, -0.1) is 0 Å². The van der Waals surface area contributed by atoms with Crippen LogP contribution in [0, 0.1) is 5.41 Å². The third kappa shape index (κ3) is 0.896. The lowest BCUT2D eigenvalue weighted by Crippen LogP contribution is -2.38. The zero-order valence-electron chi connectivity index (χ0n) is 4.82. The van der Waals surface area contributed by atoms with Gasteiger partial charge in [-0.25, -0.2) is 8.78 Å². The summed E-state index contributed by atoms with van der Waals surface area (Å²) in [6.45, 7) is 0. The second-order valence-corrected chi connectivity index (χ2v) is 1.78. The average Bonchev–Trinajstić information content (AvgIpc) is 1.93. The number of rotatable bonds is 0. The van der Waals surface area contributed by atoms with Crippen LogP contribution in [0.2, 0.25) is 0 Å². The van der Waals surface area contributed by atoms with E-state index in [2.05, 4.69) is 0 Å². The van der Waals surface area contributed by atoms with Gasteiger partial charge < -0.3 is 5.32 Å². The second-order valence-electron chi connectivity index (χ2n) is 1.78. The SMILES string of the molecule is N=C1C(F)=CNC(=O)C1F. The van der Waals surface area contributed by atoms with Crippen molar-refractivity contribution in [2.45, 2.75) is 6.17 Å². The molecule has 0 saturated carbocycles. The average molecular weight is 146 g/mol. The van der Waals surface area contributed by atoms with E-state index in [-0.39, 0.29) is 0 Å².